The number of nitrogens with zero attached hydrogens (tertiary/aromatic N) is 2. The summed E-state index contributed by atoms with van der Waals surface area (Å²) in [6.07, 6.45) is 6.46. The van der Waals surface area contributed by atoms with E-state index in [9.17, 15) is 4.79 Å². The molecule has 6 heteroatoms. The number of amides is 1. The van der Waals surface area contributed by atoms with E-state index in [0.29, 0.717) is 10.7 Å². The van der Waals surface area contributed by atoms with Gasteiger partial charge in [0.05, 0.1) is 0 Å². The van der Waals surface area contributed by atoms with Gasteiger partial charge in [-0.2, -0.15) is 0 Å². The van der Waals surface area contributed by atoms with Gasteiger partial charge in [-0.25, -0.2) is 0 Å². The summed E-state index contributed by atoms with van der Waals surface area (Å²) in [5.74, 6) is 0.665. The van der Waals surface area contributed by atoms with Gasteiger partial charge < -0.3 is 0 Å². The smallest absolute Gasteiger partial charge is 0.257 e. The highest BCUT2D eigenvalue weighted by Gasteiger charge is 2.14. The molecule has 1 aliphatic rings. The fraction of sp³-hybridized carbons (Fsp3) is 0.312. The number of nitrogens with one attached hydrogen (secondary N) is 1. The van der Waals surface area contributed by atoms with Crippen LogP contribution in [0.1, 0.15) is 34.3 Å². The first kappa shape index (κ1) is 15.2. The van der Waals surface area contributed by atoms with Crippen LogP contribution in [0.15, 0.2) is 35.2 Å². The summed E-state index contributed by atoms with van der Waals surface area (Å²) in [4.78, 5) is 12.3. The lowest BCUT2D eigenvalue weighted by molar-refractivity contribution is 0.102. The van der Waals surface area contributed by atoms with Crippen molar-refractivity contribution in [2.45, 2.75) is 30.0 Å². The Hall–Kier alpha value is -1.66. The third-order valence-electron chi connectivity index (χ3n) is 3.56. The fourth-order valence-electron chi connectivity index (χ4n) is 2.49. The summed E-state index contributed by atoms with van der Waals surface area (Å²) in [6.45, 7) is 3.67. The zero-order valence-corrected chi connectivity index (χ0v) is 13.8. The van der Waals surface area contributed by atoms with Crippen LogP contribution < -0.4 is 5.32 Å². The number of benzene rings is 1. The quantitative estimate of drug-likeness (QED) is 0.512. The van der Waals surface area contributed by atoms with Crippen molar-refractivity contribution in [3.8, 4) is 0 Å². The maximum atomic E-state index is 12.3. The fourth-order valence-corrected chi connectivity index (χ4v) is 4.00. The molecule has 0 unspecified atom stereocenters. The number of aryl methyl sites for hydroxylation is 2. The number of hydrogen-bond donors (Lipinski definition) is 1. The average Bonchev–Trinajstić information content (AvgIpc) is 2.99. The van der Waals surface area contributed by atoms with Crippen molar-refractivity contribution in [3.63, 3.8) is 0 Å². The van der Waals surface area contributed by atoms with Gasteiger partial charge in [0.15, 0.2) is 4.34 Å². The van der Waals surface area contributed by atoms with Gasteiger partial charge in [0.2, 0.25) is 5.13 Å². The highest BCUT2D eigenvalue weighted by atomic mass is 32.2. The van der Waals surface area contributed by atoms with E-state index in [1.165, 1.54) is 35.3 Å². The van der Waals surface area contributed by atoms with Crippen molar-refractivity contribution >= 4 is 34.1 Å². The van der Waals surface area contributed by atoms with E-state index in [2.05, 4.69) is 28.2 Å². The minimum atomic E-state index is -0.121. The molecule has 0 saturated heterocycles. The van der Waals surface area contributed by atoms with E-state index < -0.39 is 0 Å². The SMILES string of the molecule is C=CCSc1nnc(NC(=O)c2ccc3c(c2)CCCC3)s1. The first-order valence-corrected chi connectivity index (χ1v) is 9.07. The van der Waals surface area contributed by atoms with Crippen molar-refractivity contribution in [3.05, 3.63) is 47.5 Å². The van der Waals surface area contributed by atoms with Crippen molar-refractivity contribution < 1.29 is 4.79 Å². The molecule has 0 radical (unpaired) electrons. The zero-order valence-electron chi connectivity index (χ0n) is 12.2. The predicted octanol–water partition coefficient (Wildman–Crippen LogP) is 3.95. The molecule has 1 aromatic heterocycles. The predicted molar refractivity (Wildman–Crippen MR) is 91.9 cm³/mol. The zero-order chi connectivity index (χ0) is 15.4. The van der Waals surface area contributed by atoms with Gasteiger partial charge in [-0.05, 0) is 48.9 Å². The number of anilines is 1. The number of carbonyl (C=O) groups excluding carboxylic acids is 1. The van der Waals surface area contributed by atoms with Gasteiger partial charge >= 0.3 is 0 Å². The first-order valence-electron chi connectivity index (χ1n) is 7.26. The summed E-state index contributed by atoms with van der Waals surface area (Å²) in [7, 11) is 0. The minimum absolute atomic E-state index is 0.121. The van der Waals surface area contributed by atoms with E-state index in [4.69, 9.17) is 0 Å². The van der Waals surface area contributed by atoms with E-state index >= 15 is 0 Å². The number of aromatic nitrogens is 2. The van der Waals surface area contributed by atoms with Crippen LogP contribution in [0.2, 0.25) is 0 Å². The van der Waals surface area contributed by atoms with Gasteiger partial charge in [0.1, 0.15) is 0 Å². The van der Waals surface area contributed by atoms with E-state index in [0.717, 1.165) is 22.9 Å². The Morgan fingerprint density at radius 1 is 1.32 bits per heavy atom. The second-order valence-electron chi connectivity index (χ2n) is 5.12. The topological polar surface area (TPSA) is 54.9 Å². The monoisotopic (exact) mass is 331 g/mol. The van der Waals surface area contributed by atoms with Crippen LogP contribution in [0.25, 0.3) is 0 Å². The minimum Gasteiger partial charge on any atom is -0.296 e. The van der Waals surface area contributed by atoms with E-state index in [1.807, 2.05) is 18.2 Å². The van der Waals surface area contributed by atoms with Crippen LogP contribution in [-0.2, 0) is 12.8 Å². The van der Waals surface area contributed by atoms with Crippen LogP contribution in [0.5, 0.6) is 0 Å². The number of rotatable bonds is 5. The van der Waals surface area contributed by atoms with Crippen LogP contribution >= 0.6 is 23.1 Å². The Morgan fingerprint density at radius 3 is 2.95 bits per heavy atom. The molecule has 1 amide bonds. The van der Waals surface area contributed by atoms with Crippen LogP contribution in [0.3, 0.4) is 0 Å². The molecule has 0 fully saturated rings. The van der Waals surface area contributed by atoms with Crippen molar-refractivity contribution in [1.82, 2.24) is 10.2 Å². The molecule has 0 spiro atoms. The van der Waals surface area contributed by atoms with Crippen molar-refractivity contribution in [2.75, 3.05) is 11.1 Å². The molecule has 114 valence electrons. The Bertz CT molecular complexity index is 696. The Kier molecular flexibility index (Phi) is 4.90. The van der Waals surface area contributed by atoms with E-state index in [-0.39, 0.29) is 5.91 Å². The molecule has 1 aliphatic carbocycles. The van der Waals surface area contributed by atoms with Gasteiger partial charge in [0, 0.05) is 11.3 Å². The molecule has 4 nitrogen and oxygen atoms in total. The van der Waals surface area contributed by atoms with Crippen LogP contribution in [-0.4, -0.2) is 21.9 Å². The molecule has 1 N–H and O–H groups in total. The lowest BCUT2D eigenvalue weighted by Gasteiger charge is -2.16. The maximum absolute atomic E-state index is 12.3. The number of carbonyl (C=O) groups is 1. The van der Waals surface area contributed by atoms with Crippen LogP contribution in [0.4, 0.5) is 5.13 Å². The molecular formula is C16H17N3OS2. The Balaban J connectivity index is 1.68. The normalized spacial score (nSPS) is 13.5. The van der Waals surface area contributed by atoms with E-state index in [1.54, 1.807) is 11.8 Å². The van der Waals surface area contributed by atoms with Crippen molar-refractivity contribution in [2.24, 2.45) is 0 Å². The Morgan fingerprint density at radius 2 is 2.14 bits per heavy atom. The molecule has 22 heavy (non-hydrogen) atoms. The van der Waals surface area contributed by atoms with Gasteiger partial charge in [-0.3, -0.25) is 10.1 Å². The molecule has 1 heterocycles. The van der Waals surface area contributed by atoms with Gasteiger partial charge in [0.25, 0.3) is 5.91 Å². The largest absolute Gasteiger partial charge is 0.296 e. The molecule has 3 rings (SSSR count). The third kappa shape index (κ3) is 3.56. The second kappa shape index (κ2) is 7.07. The molecule has 0 aliphatic heterocycles. The number of fused-ring (bicyclic) bond motifs is 1. The van der Waals surface area contributed by atoms with Gasteiger partial charge in [-0.1, -0.05) is 35.2 Å². The number of thioether (sulfide) groups is 1. The third-order valence-corrected chi connectivity index (χ3v) is 5.53. The van der Waals surface area contributed by atoms with Gasteiger partial charge in [-0.15, -0.1) is 16.8 Å². The molecule has 0 atom stereocenters. The summed E-state index contributed by atoms with van der Waals surface area (Å²) < 4.78 is 0.834. The molecule has 0 bridgehead atoms. The molecule has 1 aromatic carbocycles. The summed E-state index contributed by atoms with van der Waals surface area (Å²) >= 11 is 2.94. The summed E-state index contributed by atoms with van der Waals surface area (Å²) in [5.41, 5.74) is 3.37. The molecule has 2 aromatic rings. The van der Waals surface area contributed by atoms with Crippen LogP contribution in [0, 0.1) is 0 Å². The maximum Gasteiger partial charge on any atom is 0.257 e. The molecule has 0 saturated carbocycles. The summed E-state index contributed by atoms with van der Waals surface area (Å²) in [5, 5.41) is 11.4. The summed E-state index contributed by atoms with van der Waals surface area (Å²) in [6, 6.07) is 5.99. The Labute approximate surface area is 138 Å². The lowest BCUT2D eigenvalue weighted by atomic mass is 9.90. The van der Waals surface area contributed by atoms with Crippen molar-refractivity contribution in [1.29, 1.82) is 0 Å². The standard InChI is InChI=1S/C16H17N3OS2/c1-2-9-21-16-19-18-15(22-16)17-14(20)13-8-7-11-5-3-4-6-12(11)10-13/h2,7-8,10H,1,3-6,9H2,(H,17,18,20). The average molecular weight is 331 g/mol. The first-order chi connectivity index (χ1) is 10.8. The second-order valence-corrected chi connectivity index (χ2v) is 7.36. The molecular weight excluding hydrogens is 314 g/mol. The lowest BCUT2D eigenvalue weighted by Crippen LogP contribution is -2.13. The highest BCUT2D eigenvalue weighted by Crippen LogP contribution is 2.26. The number of hydrogen-bond acceptors (Lipinski definition) is 5. The highest BCUT2D eigenvalue weighted by molar-refractivity contribution is 8.01.